The molecule has 3 N–H and O–H groups in total. The van der Waals surface area contributed by atoms with Crippen LogP contribution in [0.1, 0.15) is 26.2 Å². The first-order valence-electron chi connectivity index (χ1n) is 6.42. The van der Waals surface area contributed by atoms with Gasteiger partial charge >= 0.3 is 0 Å². The van der Waals surface area contributed by atoms with Gasteiger partial charge < -0.3 is 29.5 Å². The number of hydrogen-bond donors (Lipinski definition) is 3. The average Bonchev–Trinajstić information content (AvgIpc) is 2.39. The van der Waals surface area contributed by atoms with Gasteiger partial charge in [0.25, 0.3) is 0 Å². The second kappa shape index (κ2) is 8.04. The van der Waals surface area contributed by atoms with Crippen molar-refractivity contribution in [1.82, 2.24) is 0 Å². The fourth-order valence-corrected chi connectivity index (χ4v) is 2.02. The molecule has 0 aromatic heterocycles. The van der Waals surface area contributed by atoms with E-state index in [1.165, 1.54) is 7.11 Å². The van der Waals surface area contributed by atoms with Crippen molar-refractivity contribution in [2.45, 2.75) is 56.9 Å². The average molecular weight is 264 g/mol. The molecule has 0 bridgehead atoms. The predicted octanol–water partition coefficient (Wildman–Crippen LogP) is -0.353. The first-order valence-corrected chi connectivity index (χ1v) is 6.42. The molecule has 1 heterocycles. The Morgan fingerprint density at radius 3 is 2.44 bits per heavy atom. The summed E-state index contributed by atoms with van der Waals surface area (Å²) in [4.78, 5) is 0. The number of unbranched alkanes of at least 4 members (excludes halogenated alkanes) is 2. The molecule has 1 aliphatic heterocycles. The van der Waals surface area contributed by atoms with Gasteiger partial charge in [0, 0.05) is 13.7 Å². The summed E-state index contributed by atoms with van der Waals surface area (Å²) in [5, 5.41) is 28.9. The van der Waals surface area contributed by atoms with E-state index < -0.39 is 30.7 Å². The van der Waals surface area contributed by atoms with E-state index in [0.717, 1.165) is 19.3 Å². The van der Waals surface area contributed by atoms with Gasteiger partial charge in [0.05, 0.1) is 6.61 Å². The van der Waals surface area contributed by atoms with Crippen LogP contribution in [0, 0.1) is 0 Å². The molecule has 1 saturated heterocycles. The quantitative estimate of drug-likeness (QED) is 0.545. The maximum Gasteiger partial charge on any atom is 0.186 e. The van der Waals surface area contributed by atoms with Gasteiger partial charge in [0.1, 0.15) is 24.4 Å². The lowest BCUT2D eigenvalue weighted by Gasteiger charge is -2.41. The largest absolute Gasteiger partial charge is 0.394 e. The lowest BCUT2D eigenvalue weighted by atomic mass is 9.99. The molecule has 0 unspecified atom stereocenters. The minimum atomic E-state index is -1.17. The van der Waals surface area contributed by atoms with Crippen molar-refractivity contribution in [2.24, 2.45) is 0 Å². The van der Waals surface area contributed by atoms with E-state index in [-0.39, 0.29) is 6.61 Å². The van der Waals surface area contributed by atoms with E-state index in [9.17, 15) is 15.3 Å². The summed E-state index contributed by atoms with van der Waals surface area (Å²) in [5.74, 6) is 0. The molecule has 0 spiro atoms. The zero-order valence-electron chi connectivity index (χ0n) is 11.0. The minimum absolute atomic E-state index is 0.290. The topological polar surface area (TPSA) is 88.4 Å². The number of ether oxygens (including phenoxy) is 3. The molecule has 0 amide bonds. The monoisotopic (exact) mass is 264 g/mol. The van der Waals surface area contributed by atoms with Gasteiger partial charge in [-0.3, -0.25) is 0 Å². The Kier molecular flexibility index (Phi) is 7.06. The van der Waals surface area contributed by atoms with Crippen molar-refractivity contribution < 1.29 is 29.5 Å². The molecular weight excluding hydrogens is 240 g/mol. The Labute approximate surface area is 107 Å². The van der Waals surface area contributed by atoms with Gasteiger partial charge in [-0.25, -0.2) is 0 Å². The van der Waals surface area contributed by atoms with Gasteiger partial charge in [-0.05, 0) is 6.42 Å². The van der Waals surface area contributed by atoms with Crippen molar-refractivity contribution in [1.29, 1.82) is 0 Å². The van der Waals surface area contributed by atoms with Crippen LogP contribution in [0.15, 0.2) is 0 Å². The highest BCUT2D eigenvalue weighted by Crippen LogP contribution is 2.24. The van der Waals surface area contributed by atoms with E-state index in [2.05, 4.69) is 6.92 Å². The van der Waals surface area contributed by atoms with Crippen molar-refractivity contribution in [3.8, 4) is 0 Å². The van der Waals surface area contributed by atoms with E-state index in [4.69, 9.17) is 14.2 Å². The molecule has 0 radical (unpaired) electrons. The lowest BCUT2D eigenvalue weighted by Crippen LogP contribution is -2.59. The second-order valence-corrected chi connectivity index (χ2v) is 4.48. The number of aliphatic hydroxyl groups excluding tert-OH is 3. The summed E-state index contributed by atoms with van der Waals surface area (Å²) in [5.41, 5.74) is 0. The Bertz CT molecular complexity index is 223. The van der Waals surface area contributed by atoms with Crippen LogP contribution in [-0.2, 0) is 14.2 Å². The highest BCUT2D eigenvalue weighted by Gasteiger charge is 2.45. The molecule has 0 saturated carbocycles. The zero-order chi connectivity index (χ0) is 13.5. The summed E-state index contributed by atoms with van der Waals surface area (Å²) in [6.07, 6.45) is -1.66. The molecule has 6 heteroatoms. The molecular formula is C12H24O6. The first-order chi connectivity index (χ1) is 8.65. The third-order valence-electron chi connectivity index (χ3n) is 3.11. The van der Waals surface area contributed by atoms with Gasteiger partial charge in [0.15, 0.2) is 6.29 Å². The summed E-state index contributed by atoms with van der Waals surface area (Å²) in [6, 6.07) is 0. The van der Waals surface area contributed by atoms with Gasteiger partial charge in [-0.2, -0.15) is 0 Å². The number of hydrogen-bond acceptors (Lipinski definition) is 6. The van der Waals surface area contributed by atoms with Crippen LogP contribution in [0.5, 0.6) is 0 Å². The normalized spacial score (nSPS) is 36.8. The maximum absolute atomic E-state index is 9.95. The molecule has 1 rings (SSSR count). The minimum Gasteiger partial charge on any atom is -0.394 e. The predicted molar refractivity (Wildman–Crippen MR) is 64.0 cm³/mol. The number of rotatable bonds is 7. The van der Waals surface area contributed by atoms with Crippen molar-refractivity contribution in [3.05, 3.63) is 0 Å². The Hall–Kier alpha value is -0.240. The fraction of sp³-hybridized carbons (Fsp3) is 1.00. The van der Waals surface area contributed by atoms with Gasteiger partial charge in [-0.1, -0.05) is 19.8 Å². The van der Waals surface area contributed by atoms with Crippen molar-refractivity contribution in [3.63, 3.8) is 0 Å². The summed E-state index contributed by atoms with van der Waals surface area (Å²) < 4.78 is 15.7. The molecule has 0 aliphatic carbocycles. The smallest absolute Gasteiger partial charge is 0.186 e. The van der Waals surface area contributed by atoms with Crippen LogP contribution in [0.2, 0.25) is 0 Å². The van der Waals surface area contributed by atoms with Crippen LogP contribution in [0.4, 0.5) is 0 Å². The molecule has 108 valence electrons. The van der Waals surface area contributed by atoms with Gasteiger partial charge in [0.2, 0.25) is 0 Å². The number of aliphatic hydroxyl groups is 3. The Morgan fingerprint density at radius 2 is 1.89 bits per heavy atom. The standard InChI is InChI=1S/C12H24O6/c1-3-4-5-6-17-11-8(7-13)18-12(16-2)10(15)9(11)14/h8-15H,3-7H2,1-2H3/t8-,9-,10-,11-,12+/m1/s1. The van der Waals surface area contributed by atoms with Crippen LogP contribution in [0.3, 0.4) is 0 Å². The van der Waals surface area contributed by atoms with Crippen molar-refractivity contribution in [2.75, 3.05) is 20.3 Å². The highest BCUT2D eigenvalue weighted by molar-refractivity contribution is 4.90. The van der Waals surface area contributed by atoms with Crippen LogP contribution >= 0.6 is 0 Å². The fourth-order valence-electron chi connectivity index (χ4n) is 2.02. The molecule has 18 heavy (non-hydrogen) atoms. The zero-order valence-corrected chi connectivity index (χ0v) is 11.0. The summed E-state index contributed by atoms with van der Waals surface area (Å²) in [7, 11) is 1.37. The highest BCUT2D eigenvalue weighted by atomic mass is 16.7. The Morgan fingerprint density at radius 1 is 1.17 bits per heavy atom. The number of methoxy groups -OCH3 is 1. The van der Waals surface area contributed by atoms with E-state index in [0.29, 0.717) is 6.61 Å². The van der Waals surface area contributed by atoms with E-state index >= 15 is 0 Å². The Balaban J connectivity index is 2.52. The third-order valence-corrected chi connectivity index (χ3v) is 3.11. The van der Waals surface area contributed by atoms with Crippen LogP contribution in [-0.4, -0.2) is 66.3 Å². The molecule has 0 aromatic carbocycles. The summed E-state index contributed by atoms with van der Waals surface area (Å²) in [6.45, 7) is 2.27. The maximum atomic E-state index is 9.95. The summed E-state index contributed by atoms with van der Waals surface area (Å²) >= 11 is 0. The molecule has 0 aromatic rings. The van der Waals surface area contributed by atoms with Crippen LogP contribution in [0.25, 0.3) is 0 Å². The third kappa shape index (κ3) is 3.88. The van der Waals surface area contributed by atoms with Gasteiger partial charge in [-0.15, -0.1) is 0 Å². The van der Waals surface area contributed by atoms with Crippen LogP contribution < -0.4 is 0 Å². The lowest BCUT2D eigenvalue weighted by molar-refractivity contribution is -0.301. The second-order valence-electron chi connectivity index (χ2n) is 4.48. The molecule has 1 aliphatic rings. The molecule has 6 nitrogen and oxygen atoms in total. The van der Waals surface area contributed by atoms with Crippen molar-refractivity contribution >= 4 is 0 Å². The van der Waals surface area contributed by atoms with E-state index in [1.807, 2.05) is 0 Å². The molecule has 5 atom stereocenters. The van der Waals surface area contributed by atoms with E-state index in [1.54, 1.807) is 0 Å². The molecule has 1 fully saturated rings. The first kappa shape index (κ1) is 15.8. The SMILES string of the molecule is CCCCCO[C@H]1[C@H](O)[C@@H](O)[C@@H](OC)O[C@@H]1CO.